The van der Waals surface area contributed by atoms with Gasteiger partial charge in [-0.3, -0.25) is 9.89 Å². The van der Waals surface area contributed by atoms with E-state index in [-0.39, 0.29) is 18.4 Å². The topological polar surface area (TPSA) is 69.2 Å². The molecule has 1 aliphatic heterocycles. The minimum atomic E-state index is -0.759. The zero-order chi connectivity index (χ0) is 15.0. The van der Waals surface area contributed by atoms with E-state index in [0.717, 1.165) is 56.5 Å². The van der Waals surface area contributed by atoms with Crippen LogP contribution in [0.15, 0.2) is 0 Å². The molecular formula is C16H25N3O2. The van der Waals surface area contributed by atoms with Crippen LogP contribution in [0.4, 0.5) is 0 Å². The predicted octanol–water partition coefficient (Wildman–Crippen LogP) is 2.39. The molecule has 0 aromatic carbocycles. The van der Waals surface area contributed by atoms with Gasteiger partial charge < -0.3 is 10.0 Å². The van der Waals surface area contributed by atoms with Gasteiger partial charge in [-0.25, -0.2) is 0 Å². The van der Waals surface area contributed by atoms with Crippen molar-refractivity contribution in [3.8, 4) is 0 Å². The number of aryl methyl sites for hydroxylation is 2. The Hall–Kier alpha value is -1.36. The molecule has 1 aromatic heterocycles. The summed E-state index contributed by atoms with van der Waals surface area (Å²) >= 11 is 0. The maximum absolute atomic E-state index is 12.7. The van der Waals surface area contributed by atoms with Gasteiger partial charge in [0.25, 0.3) is 0 Å². The molecule has 0 radical (unpaired) electrons. The summed E-state index contributed by atoms with van der Waals surface area (Å²) in [4.78, 5) is 14.6. The molecule has 0 bridgehead atoms. The maximum atomic E-state index is 12.7. The Morgan fingerprint density at radius 2 is 2.10 bits per heavy atom. The van der Waals surface area contributed by atoms with Gasteiger partial charge in [0, 0.05) is 17.8 Å². The van der Waals surface area contributed by atoms with Crippen LogP contribution in [0.3, 0.4) is 0 Å². The molecule has 116 valence electrons. The summed E-state index contributed by atoms with van der Waals surface area (Å²) in [6, 6.07) is 0.126. The lowest BCUT2D eigenvalue weighted by atomic mass is 9.96. The van der Waals surface area contributed by atoms with Gasteiger partial charge in [0.2, 0.25) is 5.91 Å². The number of aliphatic hydroxyl groups is 1. The first-order chi connectivity index (χ1) is 10.0. The summed E-state index contributed by atoms with van der Waals surface area (Å²) < 4.78 is 0. The SMILES string of the molecule is Cc1n[nH]c(C)c1C1CCCN1C(=O)CC1(O)CCCC1. The molecule has 5 heteroatoms. The first-order valence-corrected chi connectivity index (χ1v) is 8.03. The zero-order valence-corrected chi connectivity index (χ0v) is 13.0. The van der Waals surface area contributed by atoms with Crippen molar-refractivity contribution in [2.75, 3.05) is 6.54 Å². The Labute approximate surface area is 125 Å². The number of likely N-dealkylation sites (tertiary alicyclic amines) is 1. The summed E-state index contributed by atoms with van der Waals surface area (Å²) in [6.07, 6.45) is 5.89. The average molecular weight is 291 g/mol. The summed E-state index contributed by atoms with van der Waals surface area (Å²) in [6.45, 7) is 4.80. The van der Waals surface area contributed by atoms with Crippen molar-refractivity contribution in [3.63, 3.8) is 0 Å². The van der Waals surface area contributed by atoms with E-state index in [0.29, 0.717) is 0 Å². The van der Waals surface area contributed by atoms with Crippen molar-refractivity contribution in [1.29, 1.82) is 0 Å². The highest BCUT2D eigenvalue weighted by molar-refractivity contribution is 5.78. The molecule has 3 rings (SSSR count). The minimum absolute atomic E-state index is 0.0990. The summed E-state index contributed by atoms with van der Waals surface area (Å²) in [7, 11) is 0. The van der Waals surface area contributed by atoms with E-state index in [9.17, 15) is 9.90 Å². The standard InChI is InChI=1S/C16H25N3O2/c1-11-15(12(2)18-17-11)13-6-5-9-19(13)14(20)10-16(21)7-3-4-8-16/h13,21H,3-10H2,1-2H3,(H,17,18). The molecule has 2 heterocycles. The quantitative estimate of drug-likeness (QED) is 0.898. The molecular weight excluding hydrogens is 266 g/mol. The van der Waals surface area contributed by atoms with Crippen molar-refractivity contribution in [2.24, 2.45) is 0 Å². The van der Waals surface area contributed by atoms with Gasteiger partial charge in [0.05, 0.1) is 23.8 Å². The number of nitrogens with zero attached hydrogens (tertiary/aromatic N) is 2. The van der Waals surface area contributed by atoms with Gasteiger partial charge in [0.15, 0.2) is 0 Å². The third kappa shape index (κ3) is 2.71. The molecule has 2 aliphatic rings. The average Bonchev–Trinajstić information content (AvgIpc) is 3.11. The Balaban J connectivity index is 1.76. The molecule has 0 spiro atoms. The highest BCUT2D eigenvalue weighted by atomic mass is 16.3. The summed E-state index contributed by atoms with van der Waals surface area (Å²) in [5.41, 5.74) is 2.44. The van der Waals surface area contributed by atoms with Gasteiger partial charge >= 0.3 is 0 Å². The van der Waals surface area contributed by atoms with Gasteiger partial charge in [-0.2, -0.15) is 5.10 Å². The number of carbonyl (C=O) groups is 1. The fourth-order valence-electron chi connectivity index (χ4n) is 4.01. The number of hydrogen-bond acceptors (Lipinski definition) is 3. The van der Waals surface area contributed by atoms with Crippen molar-refractivity contribution in [1.82, 2.24) is 15.1 Å². The molecule has 1 atom stereocenters. The molecule has 1 saturated heterocycles. The van der Waals surface area contributed by atoms with Crippen molar-refractivity contribution in [2.45, 2.75) is 70.4 Å². The Bertz CT molecular complexity index is 512. The molecule has 2 fully saturated rings. The second-order valence-corrected chi connectivity index (χ2v) is 6.70. The lowest BCUT2D eigenvalue weighted by molar-refractivity contribution is -0.137. The van der Waals surface area contributed by atoms with Gasteiger partial charge in [-0.1, -0.05) is 12.8 Å². The normalized spacial score (nSPS) is 24.7. The van der Waals surface area contributed by atoms with Crippen LogP contribution in [0, 0.1) is 13.8 Å². The van der Waals surface area contributed by atoms with Crippen LogP contribution >= 0.6 is 0 Å². The Morgan fingerprint density at radius 1 is 1.38 bits per heavy atom. The highest BCUT2D eigenvalue weighted by Gasteiger charge is 2.39. The number of aromatic amines is 1. The van der Waals surface area contributed by atoms with Crippen LogP contribution in [0.25, 0.3) is 0 Å². The number of aromatic nitrogens is 2. The van der Waals surface area contributed by atoms with Crippen LogP contribution in [-0.4, -0.2) is 38.3 Å². The van der Waals surface area contributed by atoms with E-state index in [2.05, 4.69) is 10.2 Å². The zero-order valence-electron chi connectivity index (χ0n) is 13.0. The summed E-state index contributed by atoms with van der Waals surface area (Å²) in [5, 5.41) is 17.8. The first kappa shape index (κ1) is 14.6. The molecule has 1 unspecified atom stereocenters. The third-order valence-corrected chi connectivity index (χ3v) is 5.11. The first-order valence-electron chi connectivity index (χ1n) is 8.03. The number of H-pyrrole nitrogens is 1. The molecule has 1 aliphatic carbocycles. The smallest absolute Gasteiger partial charge is 0.225 e. The van der Waals surface area contributed by atoms with Crippen molar-refractivity contribution >= 4 is 5.91 Å². The van der Waals surface area contributed by atoms with Gasteiger partial charge in [0.1, 0.15) is 0 Å². The van der Waals surface area contributed by atoms with Gasteiger partial charge in [-0.15, -0.1) is 0 Å². The van der Waals surface area contributed by atoms with E-state index in [1.807, 2.05) is 18.7 Å². The number of amides is 1. The number of nitrogens with one attached hydrogen (secondary N) is 1. The molecule has 1 aromatic rings. The Kier molecular flexibility index (Phi) is 3.78. The molecule has 1 saturated carbocycles. The van der Waals surface area contributed by atoms with Gasteiger partial charge in [-0.05, 0) is 39.5 Å². The van der Waals surface area contributed by atoms with Crippen LogP contribution < -0.4 is 0 Å². The van der Waals surface area contributed by atoms with E-state index >= 15 is 0 Å². The lowest BCUT2D eigenvalue weighted by Gasteiger charge is -2.29. The molecule has 2 N–H and O–H groups in total. The number of rotatable bonds is 3. The van der Waals surface area contributed by atoms with Crippen LogP contribution in [0.2, 0.25) is 0 Å². The minimum Gasteiger partial charge on any atom is -0.389 e. The number of hydrogen-bond donors (Lipinski definition) is 2. The lowest BCUT2D eigenvalue weighted by Crippen LogP contribution is -2.37. The second-order valence-electron chi connectivity index (χ2n) is 6.70. The fraction of sp³-hybridized carbons (Fsp3) is 0.750. The van der Waals surface area contributed by atoms with Crippen LogP contribution in [0.1, 0.15) is 67.9 Å². The molecule has 21 heavy (non-hydrogen) atoms. The maximum Gasteiger partial charge on any atom is 0.225 e. The third-order valence-electron chi connectivity index (χ3n) is 5.11. The monoisotopic (exact) mass is 291 g/mol. The predicted molar refractivity (Wildman–Crippen MR) is 79.8 cm³/mol. The van der Waals surface area contributed by atoms with Crippen molar-refractivity contribution < 1.29 is 9.90 Å². The fourth-order valence-corrected chi connectivity index (χ4v) is 4.01. The molecule has 1 amide bonds. The molecule has 5 nitrogen and oxygen atoms in total. The van der Waals surface area contributed by atoms with Crippen molar-refractivity contribution in [3.05, 3.63) is 17.0 Å². The summed E-state index contributed by atoms with van der Waals surface area (Å²) in [5.74, 6) is 0.0990. The number of carbonyl (C=O) groups excluding carboxylic acids is 1. The van der Waals surface area contributed by atoms with E-state index in [1.165, 1.54) is 5.56 Å². The second kappa shape index (κ2) is 5.44. The highest BCUT2D eigenvalue weighted by Crippen LogP contribution is 2.38. The van der Waals surface area contributed by atoms with E-state index in [4.69, 9.17) is 0 Å². The van der Waals surface area contributed by atoms with E-state index < -0.39 is 5.60 Å². The largest absolute Gasteiger partial charge is 0.389 e. The van der Waals surface area contributed by atoms with Crippen LogP contribution in [0.5, 0.6) is 0 Å². The Morgan fingerprint density at radius 3 is 2.71 bits per heavy atom. The van der Waals surface area contributed by atoms with Crippen LogP contribution in [-0.2, 0) is 4.79 Å². The van der Waals surface area contributed by atoms with E-state index in [1.54, 1.807) is 0 Å².